The normalized spacial score (nSPS) is 22.0. The number of hydrogen-bond donors (Lipinski definition) is 1. The van der Waals surface area contributed by atoms with Crippen LogP contribution in [0.3, 0.4) is 0 Å². The Labute approximate surface area is 140 Å². The zero-order chi connectivity index (χ0) is 16.2. The van der Waals surface area contributed by atoms with E-state index in [1.807, 2.05) is 6.07 Å². The van der Waals surface area contributed by atoms with Crippen LogP contribution in [0.1, 0.15) is 24.4 Å². The van der Waals surface area contributed by atoms with Crippen LogP contribution in [-0.2, 0) is 4.74 Å². The molecule has 0 aromatic heterocycles. The Balaban J connectivity index is 1.93. The molecule has 0 saturated carbocycles. The Kier molecular flexibility index (Phi) is 5.48. The minimum absolute atomic E-state index is 0.00337. The Morgan fingerprint density at radius 3 is 2.65 bits per heavy atom. The molecule has 23 heavy (non-hydrogen) atoms. The van der Waals surface area contributed by atoms with Crippen molar-refractivity contribution in [1.29, 1.82) is 0 Å². The first kappa shape index (κ1) is 16.6. The minimum Gasteiger partial charge on any atom is -0.381 e. The highest BCUT2D eigenvalue weighted by molar-refractivity contribution is 6.32. The van der Waals surface area contributed by atoms with Gasteiger partial charge < -0.3 is 10.1 Å². The van der Waals surface area contributed by atoms with E-state index in [9.17, 15) is 10.1 Å². The average Bonchev–Trinajstić information content (AvgIpc) is 2.58. The highest BCUT2D eigenvalue weighted by atomic mass is 35.5. The molecule has 1 N–H and O–H groups in total. The van der Waals surface area contributed by atoms with Gasteiger partial charge in [0.25, 0.3) is 5.69 Å². The molecule has 1 atom stereocenters. The van der Waals surface area contributed by atoms with E-state index in [0.717, 1.165) is 57.8 Å². The van der Waals surface area contributed by atoms with Gasteiger partial charge in [0.05, 0.1) is 4.92 Å². The van der Waals surface area contributed by atoms with Crippen molar-refractivity contribution in [3.05, 3.63) is 38.9 Å². The number of nitrogens with zero attached hydrogens (tertiary/aromatic N) is 2. The van der Waals surface area contributed by atoms with Crippen LogP contribution in [0.2, 0.25) is 5.02 Å². The minimum atomic E-state index is -0.398. The molecule has 0 aliphatic carbocycles. The molecule has 0 radical (unpaired) electrons. The lowest BCUT2D eigenvalue weighted by atomic mass is 9.85. The quantitative estimate of drug-likeness (QED) is 0.674. The van der Waals surface area contributed by atoms with Crippen molar-refractivity contribution in [3.8, 4) is 0 Å². The smallest absolute Gasteiger partial charge is 0.288 e. The zero-order valence-electron chi connectivity index (χ0n) is 13.0. The monoisotopic (exact) mass is 339 g/mol. The van der Waals surface area contributed by atoms with Gasteiger partial charge in [-0.15, -0.1) is 0 Å². The first-order valence-electron chi connectivity index (χ1n) is 8.13. The van der Waals surface area contributed by atoms with Gasteiger partial charge in [-0.05, 0) is 30.4 Å². The van der Waals surface area contributed by atoms with E-state index in [1.54, 1.807) is 12.1 Å². The van der Waals surface area contributed by atoms with E-state index in [0.29, 0.717) is 5.92 Å². The summed E-state index contributed by atoms with van der Waals surface area (Å²) in [7, 11) is 0. The van der Waals surface area contributed by atoms with Crippen LogP contribution < -0.4 is 5.32 Å². The summed E-state index contributed by atoms with van der Waals surface area (Å²) >= 11 is 5.98. The zero-order valence-corrected chi connectivity index (χ0v) is 13.8. The molecular formula is C16H22ClN3O3. The third-order valence-corrected chi connectivity index (χ3v) is 5.09. The number of rotatable bonds is 4. The molecule has 6 nitrogen and oxygen atoms in total. The fourth-order valence-corrected chi connectivity index (χ4v) is 3.81. The van der Waals surface area contributed by atoms with Crippen molar-refractivity contribution in [2.24, 2.45) is 5.92 Å². The van der Waals surface area contributed by atoms with Crippen molar-refractivity contribution in [3.63, 3.8) is 0 Å². The second-order valence-electron chi connectivity index (χ2n) is 6.15. The summed E-state index contributed by atoms with van der Waals surface area (Å²) in [4.78, 5) is 13.3. The summed E-state index contributed by atoms with van der Waals surface area (Å²) in [6, 6.07) is 5.45. The maximum Gasteiger partial charge on any atom is 0.288 e. The first-order valence-corrected chi connectivity index (χ1v) is 8.51. The van der Waals surface area contributed by atoms with Gasteiger partial charge in [0.2, 0.25) is 0 Å². The lowest BCUT2D eigenvalue weighted by Crippen LogP contribution is -2.47. The van der Waals surface area contributed by atoms with E-state index in [2.05, 4.69) is 10.2 Å². The summed E-state index contributed by atoms with van der Waals surface area (Å²) < 4.78 is 5.49. The molecule has 2 aliphatic heterocycles. The number of benzene rings is 1. The molecule has 2 saturated heterocycles. The molecule has 2 heterocycles. The summed E-state index contributed by atoms with van der Waals surface area (Å²) in [5.41, 5.74) is 0.992. The Bertz CT molecular complexity index is 540. The predicted molar refractivity (Wildman–Crippen MR) is 88.8 cm³/mol. The first-order chi connectivity index (χ1) is 11.2. The molecule has 2 fully saturated rings. The van der Waals surface area contributed by atoms with Crippen molar-refractivity contribution in [1.82, 2.24) is 10.2 Å². The molecule has 1 aromatic rings. The van der Waals surface area contributed by atoms with Crippen molar-refractivity contribution in [2.45, 2.75) is 18.9 Å². The van der Waals surface area contributed by atoms with Gasteiger partial charge in [-0.3, -0.25) is 15.0 Å². The SMILES string of the molecule is O=[N+]([O-])c1cc([C@@H](C2CCOCC2)N2CCNCC2)ccc1Cl. The van der Waals surface area contributed by atoms with E-state index < -0.39 is 4.92 Å². The standard InChI is InChI=1S/C16H22ClN3O3/c17-14-2-1-13(11-15(14)20(21)22)16(12-3-9-23-10-4-12)19-7-5-18-6-8-19/h1-2,11-12,16,18H,3-10H2/t16-/m1/s1. The van der Waals surface area contributed by atoms with Gasteiger partial charge in [0.15, 0.2) is 0 Å². The number of nitrogens with one attached hydrogen (secondary N) is 1. The second-order valence-corrected chi connectivity index (χ2v) is 6.56. The van der Waals surface area contributed by atoms with Gasteiger partial charge in [-0.25, -0.2) is 0 Å². The van der Waals surface area contributed by atoms with Crippen molar-refractivity contribution < 1.29 is 9.66 Å². The summed E-state index contributed by atoms with van der Waals surface area (Å²) in [6.07, 6.45) is 1.98. The fourth-order valence-electron chi connectivity index (χ4n) is 3.63. The molecule has 0 amide bonds. The van der Waals surface area contributed by atoms with Crippen LogP contribution in [0, 0.1) is 16.0 Å². The number of ether oxygens (including phenoxy) is 1. The van der Waals surface area contributed by atoms with Gasteiger partial charge >= 0.3 is 0 Å². The topological polar surface area (TPSA) is 67.6 Å². The van der Waals surface area contributed by atoms with Crippen molar-refractivity contribution >= 4 is 17.3 Å². The van der Waals surface area contributed by atoms with E-state index in [4.69, 9.17) is 16.3 Å². The molecule has 7 heteroatoms. The molecule has 2 aliphatic rings. The fraction of sp³-hybridized carbons (Fsp3) is 0.625. The molecular weight excluding hydrogens is 318 g/mol. The Hall–Kier alpha value is -1.21. The number of nitro benzene ring substituents is 1. The highest BCUT2D eigenvalue weighted by Gasteiger charge is 2.32. The van der Waals surface area contributed by atoms with E-state index >= 15 is 0 Å². The summed E-state index contributed by atoms with van der Waals surface area (Å²) in [5, 5.41) is 14.8. The summed E-state index contributed by atoms with van der Waals surface area (Å²) in [5.74, 6) is 0.461. The van der Waals surface area contributed by atoms with Crippen LogP contribution in [0.4, 0.5) is 5.69 Å². The van der Waals surface area contributed by atoms with Crippen molar-refractivity contribution in [2.75, 3.05) is 39.4 Å². The van der Waals surface area contributed by atoms with Crippen LogP contribution in [0.25, 0.3) is 0 Å². The Morgan fingerprint density at radius 2 is 2.00 bits per heavy atom. The van der Waals surface area contributed by atoms with Crippen LogP contribution in [-0.4, -0.2) is 49.2 Å². The van der Waals surface area contributed by atoms with Gasteiger partial charge in [0.1, 0.15) is 5.02 Å². The third-order valence-electron chi connectivity index (χ3n) is 4.77. The third kappa shape index (κ3) is 3.83. The maximum absolute atomic E-state index is 11.2. The largest absolute Gasteiger partial charge is 0.381 e. The molecule has 3 rings (SSSR count). The molecule has 126 valence electrons. The molecule has 0 bridgehead atoms. The lowest BCUT2D eigenvalue weighted by Gasteiger charge is -2.41. The average molecular weight is 340 g/mol. The number of piperazine rings is 1. The van der Waals surface area contributed by atoms with Gasteiger partial charge in [-0.2, -0.15) is 0 Å². The molecule has 0 spiro atoms. The van der Waals surface area contributed by atoms with Gasteiger partial charge in [0, 0.05) is 51.5 Å². The maximum atomic E-state index is 11.2. The predicted octanol–water partition coefficient (Wildman–Crippen LogP) is 2.62. The second kappa shape index (κ2) is 7.57. The van der Waals surface area contributed by atoms with E-state index in [1.165, 1.54) is 0 Å². The van der Waals surface area contributed by atoms with Crippen LogP contribution >= 0.6 is 11.6 Å². The molecule has 1 aromatic carbocycles. The van der Waals surface area contributed by atoms with E-state index in [-0.39, 0.29) is 16.8 Å². The number of hydrogen-bond acceptors (Lipinski definition) is 5. The molecule has 0 unspecified atom stereocenters. The van der Waals surface area contributed by atoms with Crippen LogP contribution in [0.5, 0.6) is 0 Å². The lowest BCUT2D eigenvalue weighted by molar-refractivity contribution is -0.384. The van der Waals surface area contributed by atoms with Gasteiger partial charge in [-0.1, -0.05) is 17.7 Å². The number of halogens is 1. The van der Waals surface area contributed by atoms with Crippen LogP contribution in [0.15, 0.2) is 18.2 Å². The Morgan fingerprint density at radius 1 is 1.30 bits per heavy atom. The number of nitro groups is 1. The summed E-state index contributed by atoms with van der Waals surface area (Å²) in [6.45, 7) is 5.35. The highest BCUT2D eigenvalue weighted by Crippen LogP contribution is 2.38.